The maximum Gasteiger partial charge on any atom is 0.295 e. The molecule has 38 heavy (non-hydrogen) atoms. The van der Waals surface area contributed by atoms with Gasteiger partial charge in [-0.05, 0) is 62.5 Å². The van der Waals surface area contributed by atoms with Crippen LogP contribution in [0, 0.1) is 0 Å². The lowest BCUT2D eigenvalue weighted by molar-refractivity contribution is -0.140. The van der Waals surface area contributed by atoms with E-state index in [0.29, 0.717) is 54.0 Å². The molecule has 8 heteroatoms. The number of likely N-dealkylation sites (N-methyl/N-ethyl adjacent to an activating group) is 1. The largest absolute Gasteiger partial charge is 0.507 e. The Bertz CT molecular complexity index is 1320. The van der Waals surface area contributed by atoms with Gasteiger partial charge >= 0.3 is 0 Å². The van der Waals surface area contributed by atoms with Crippen molar-refractivity contribution < 1.29 is 24.2 Å². The molecule has 0 aliphatic carbocycles. The van der Waals surface area contributed by atoms with Crippen LogP contribution in [0.15, 0.2) is 78.4 Å². The van der Waals surface area contributed by atoms with Crippen molar-refractivity contribution in [1.29, 1.82) is 0 Å². The third-order valence-electron chi connectivity index (χ3n) is 6.28. The number of amides is 1. The Hall–Kier alpha value is -3.81. The molecule has 198 valence electrons. The molecule has 1 amide bonds. The quantitative estimate of drug-likeness (QED) is 0.216. The highest BCUT2D eigenvalue weighted by Crippen LogP contribution is 2.40. The SMILES string of the molecule is CCOc1cc(/C(O)=C2/C(=O)C(=O)N(CCN(C)C)C2c2ccc(OCc3ccccc3)cc2)ccc1Cl. The van der Waals surface area contributed by atoms with Crippen LogP contribution >= 0.6 is 11.6 Å². The first-order valence-corrected chi connectivity index (χ1v) is 12.8. The Labute approximate surface area is 227 Å². The van der Waals surface area contributed by atoms with Crippen molar-refractivity contribution in [2.24, 2.45) is 0 Å². The van der Waals surface area contributed by atoms with Crippen LogP contribution in [0.25, 0.3) is 5.76 Å². The first kappa shape index (κ1) is 27.2. The first-order valence-electron chi connectivity index (χ1n) is 12.4. The number of hydrogen-bond acceptors (Lipinski definition) is 6. The van der Waals surface area contributed by atoms with Crippen LogP contribution in [0.5, 0.6) is 11.5 Å². The lowest BCUT2D eigenvalue weighted by atomic mass is 9.95. The molecule has 3 aromatic carbocycles. The van der Waals surface area contributed by atoms with E-state index >= 15 is 0 Å². The molecular weight excluding hydrogens is 504 g/mol. The van der Waals surface area contributed by atoms with Crippen molar-refractivity contribution in [2.75, 3.05) is 33.8 Å². The third-order valence-corrected chi connectivity index (χ3v) is 6.59. The molecule has 0 bridgehead atoms. The summed E-state index contributed by atoms with van der Waals surface area (Å²) < 4.78 is 11.5. The van der Waals surface area contributed by atoms with Gasteiger partial charge in [0.1, 0.15) is 23.9 Å². The number of benzene rings is 3. The summed E-state index contributed by atoms with van der Waals surface area (Å²) in [6, 6.07) is 21.1. The van der Waals surface area contributed by atoms with E-state index in [1.807, 2.05) is 68.4 Å². The molecule has 0 saturated carbocycles. The predicted molar refractivity (Wildman–Crippen MR) is 147 cm³/mol. The summed E-state index contributed by atoms with van der Waals surface area (Å²) in [5.74, 6) is -0.619. The standard InChI is InChI=1S/C30H31ClN2O5/c1-4-37-25-18-22(12-15-24(25)31)28(34)26-27(33(17-16-32(2)3)30(36)29(26)35)21-10-13-23(14-11-21)38-19-20-8-6-5-7-9-20/h5-15,18,27,34H,4,16-17,19H2,1-3H3/b28-26-. The summed E-state index contributed by atoms with van der Waals surface area (Å²) in [6.45, 7) is 3.50. The number of ether oxygens (including phenoxy) is 2. The zero-order valence-electron chi connectivity index (χ0n) is 21.7. The molecule has 1 saturated heterocycles. The van der Waals surface area contributed by atoms with Crippen LogP contribution in [-0.2, 0) is 16.2 Å². The number of aliphatic hydroxyl groups excluding tert-OH is 1. The Morgan fingerprint density at radius 2 is 1.71 bits per heavy atom. The topological polar surface area (TPSA) is 79.3 Å². The predicted octanol–water partition coefficient (Wildman–Crippen LogP) is 5.30. The minimum Gasteiger partial charge on any atom is -0.507 e. The zero-order valence-corrected chi connectivity index (χ0v) is 22.4. The molecule has 1 atom stereocenters. The van der Waals surface area contributed by atoms with E-state index in [1.165, 1.54) is 4.90 Å². The zero-order chi connectivity index (χ0) is 27.2. The number of Topliss-reactive ketones (excluding diaryl/α,β-unsaturated/α-hetero) is 1. The van der Waals surface area contributed by atoms with Gasteiger partial charge in [-0.15, -0.1) is 0 Å². The summed E-state index contributed by atoms with van der Waals surface area (Å²) in [6.07, 6.45) is 0. The summed E-state index contributed by atoms with van der Waals surface area (Å²) in [4.78, 5) is 29.8. The number of carbonyl (C=O) groups is 2. The molecule has 1 aliphatic rings. The summed E-state index contributed by atoms with van der Waals surface area (Å²) in [5, 5.41) is 11.7. The Morgan fingerprint density at radius 1 is 1.00 bits per heavy atom. The monoisotopic (exact) mass is 534 g/mol. The summed E-state index contributed by atoms with van der Waals surface area (Å²) in [5.41, 5.74) is 2.10. The molecule has 7 nitrogen and oxygen atoms in total. The van der Waals surface area contributed by atoms with Gasteiger partial charge in [-0.2, -0.15) is 0 Å². The van der Waals surface area contributed by atoms with Crippen LogP contribution in [0.4, 0.5) is 0 Å². The average molecular weight is 535 g/mol. The maximum atomic E-state index is 13.3. The highest BCUT2D eigenvalue weighted by Gasteiger charge is 2.46. The molecule has 1 fully saturated rings. The summed E-state index contributed by atoms with van der Waals surface area (Å²) in [7, 11) is 3.79. The molecule has 0 aromatic heterocycles. The van der Waals surface area contributed by atoms with Gasteiger partial charge < -0.3 is 24.4 Å². The number of nitrogens with zero attached hydrogens (tertiary/aromatic N) is 2. The average Bonchev–Trinajstić information content (AvgIpc) is 3.17. The second-order valence-corrected chi connectivity index (χ2v) is 9.62. The fourth-order valence-electron chi connectivity index (χ4n) is 4.32. The van der Waals surface area contributed by atoms with Gasteiger partial charge in [-0.25, -0.2) is 0 Å². The molecule has 0 spiro atoms. The van der Waals surface area contributed by atoms with Crippen molar-refractivity contribution in [3.05, 3.63) is 100 Å². The normalized spacial score (nSPS) is 16.8. The molecule has 4 rings (SSSR count). The van der Waals surface area contributed by atoms with Gasteiger partial charge in [-0.3, -0.25) is 9.59 Å². The van der Waals surface area contributed by atoms with E-state index < -0.39 is 17.7 Å². The molecule has 1 unspecified atom stereocenters. The highest BCUT2D eigenvalue weighted by molar-refractivity contribution is 6.46. The molecular formula is C30H31ClN2O5. The molecule has 3 aromatic rings. The van der Waals surface area contributed by atoms with Crippen LogP contribution in [0.2, 0.25) is 5.02 Å². The van der Waals surface area contributed by atoms with Gasteiger partial charge in [0.05, 0.1) is 23.2 Å². The number of likely N-dealkylation sites (tertiary alicyclic amines) is 1. The van der Waals surface area contributed by atoms with E-state index in [0.717, 1.165) is 5.56 Å². The maximum absolute atomic E-state index is 13.3. The van der Waals surface area contributed by atoms with Crippen molar-refractivity contribution in [2.45, 2.75) is 19.6 Å². The van der Waals surface area contributed by atoms with E-state index in [-0.39, 0.29) is 11.3 Å². The van der Waals surface area contributed by atoms with Gasteiger partial charge in [0.2, 0.25) is 0 Å². The van der Waals surface area contributed by atoms with Crippen molar-refractivity contribution in [1.82, 2.24) is 9.80 Å². The smallest absolute Gasteiger partial charge is 0.295 e. The first-order chi connectivity index (χ1) is 18.3. The fraction of sp³-hybridized carbons (Fsp3) is 0.267. The van der Waals surface area contributed by atoms with Crippen LogP contribution in [-0.4, -0.2) is 60.4 Å². The lowest BCUT2D eigenvalue weighted by Gasteiger charge is -2.26. The van der Waals surface area contributed by atoms with Gasteiger partial charge in [-0.1, -0.05) is 54.1 Å². The Balaban J connectivity index is 1.70. The van der Waals surface area contributed by atoms with Crippen molar-refractivity contribution in [3.8, 4) is 11.5 Å². The second kappa shape index (κ2) is 12.2. The van der Waals surface area contributed by atoms with Crippen LogP contribution in [0.1, 0.15) is 29.7 Å². The third kappa shape index (κ3) is 6.01. The molecule has 0 radical (unpaired) electrons. The van der Waals surface area contributed by atoms with Crippen molar-refractivity contribution >= 4 is 29.1 Å². The Kier molecular flexibility index (Phi) is 8.71. The summed E-state index contributed by atoms with van der Waals surface area (Å²) >= 11 is 6.22. The van der Waals surface area contributed by atoms with Crippen LogP contribution < -0.4 is 9.47 Å². The number of rotatable bonds is 10. The van der Waals surface area contributed by atoms with E-state index in [4.69, 9.17) is 21.1 Å². The van der Waals surface area contributed by atoms with E-state index in [2.05, 4.69) is 0 Å². The lowest BCUT2D eigenvalue weighted by Crippen LogP contribution is -2.35. The second-order valence-electron chi connectivity index (χ2n) is 9.22. The minimum absolute atomic E-state index is 0.0245. The van der Waals surface area contributed by atoms with E-state index in [1.54, 1.807) is 30.3 Å². The number of hydrogen-bond donors (Lipinski definition) is 1. The van der Waals surface area contributed by atoms with E-state index in [9.17, 15) is 14.7 Å². The highest BCUT2D eigenvalue weighted by atomic mass is 35.5. The number of ketones is 1. The van der Waals surface area contributed by atoms with Gasteiger partial charge in [0.25, 0.3) is 11.7 Å². The van der Waals surface area contributed by atoms with Gasteiger partial charge in [0.15, 0.2) is 0 Å². The number of carbonyl (C=O) groups excluding carboxylic acids is 2. The van der Waals surface area contributed by atoms with Crippen LogP contribution in [0.3, 0.4) is 0 Å². The molecule has 1 aliphatic heterocycles. The number of aliphatic hydroxyl groups is 1. The van der Waals surface area contributed by atoms with Gasteiger partial charge in [0, 0.05) is 18.7 Å². The molecule has 1 heterocycles. The minimum atomic E-state index is -0.760. The molecule has 1 N–H and O–H groups in total. The fourth-order valence-corrected chi connectivity index (χ4v) is 4.50. The number of halogens is 1. The Morgan fingerprint density at radius 3 is 2.37 bits per heavy atom. The van der Waals surface area contributed by atoms with Crippen molar-refractivity contribution in [3.63, 3.8) is 0 Å².